The summed E-state index contributed by atoms with van der Waals surface area (Å²) in [5, 5.41) is 13.4. The number of aliphatic imine (C=N–C) groups is 1. The summed E-state index contributed by atoms with van der Waals surface area (Å²) in [5.41, 5.74) is 2.30. The van der Waals surface area contributed by atoms with Gasteiger partial charge in [-0.2, -0.15) is 0 Å². The van der Waals surface area contributed by atoms with E-state index in [-0.39, 0.29) is 22.2 Å². The second-order valence-corrected chi connectivity index (χ2v) is 9.31. The Labute approximate surface area is 171 Å². The summed E-state index contributed by atoms with van der Waals surface area (Å²) < 4.78 is 0. The number of Topliss-reactive ketones (excluding diaryl/α,β-unsaturated/α-hetero) is 1. The molecule has 0 saturated carbocycles. The van der Waals surface area contributed by atoms with E-state index in [1.54, 1.807) is 30.3 Å². The molecule has 5 nitrogen and oxygen atoms in total. The summed E-state index contributed by atoms with van der Waals surface area (Å²) in [6.07, 6.45) is 0. The van der Waals surface area contributed by atoms with Crippen LogP contribution in [0.1, 0.15) is 63.0 Å². The number of fused-ring (bicyclic) bond motifs is 1. The second-order valence-electron chi connectivity index (χ2n) is 9.31. The van der Waals surface area contributed by atoms with Crippen molar-refractivity contribution in [2.75, 3.05) is 5.32 Å². The van der Waals surface area contributed by atoms with Crippen molar-refractivity contribution in [3.05, 3.63) is 58.7 Å². The van der Waals surface area contributed by atoms with Crippen LogP contribution in [0.2, 0.25) is 0 Å². The van der Waals surface area contributed by atoms with Crippen LogP contribution in [0.15, 0.2) is 47.0 Å². The lowest BCUT2D eigenvalue weighted by molar-refractivity contribution is -0.112. The Morgan fingerprint density at radius 2 is 1.62 bits per heavy atom. The van der Waals surface area contributed by atoms with Gasteiger partial charge in [-0.1, -0.05) is 53.7 Å². The minimum absolute atomic E-state index is 0.101. The van der Waals surface area contributed by atoms with Crippen molar-refractivity contribution in [2.24, 2.45) is 4.99 Å². The highest BCUT2D eigenvalue weighted by Crippen LogP contribution is 2.39. The van der Waals surface area contributed by atoms with Crippen LogP contribution in [-0.4, -0.2) is 22.7 Å². The Kier molecular flexibility index (Phi) is 4.97. The fraction of sp³-hybridized carbons (Fsp3) is 0.333. The van der Waals surface area contributed by atoms with Gasteiger partial charge in [0.05, 0.1) is 5.69 Å². The summed E-state index contributed by atoms with van der Waals surface area (Å²) in [6, 6.07) is 10.3. The zero-order chi connectivity index (χ0) is 21.6. The van der Waals surface area contributed by atoms with E-state index in [0.29, 0.717) is 16.9 Å². The Morgan fingerprint density at radius 1 is 1.00 bits per heavy atom. The van der Waals surface area contributed by atoms with Gasteiger partial charge in [0, 0.05) is 23.2 Å². The van der Waals surface area contributed by atoms with Crippen molar-refractivity contribution in [2.45, 2.75) is 52.4 Å². The van der Waals surface area contributed by atoms with E-state index in [4.69, 9.17) is 0 Å². The first kappa shape index (κ1) is 20.6. The summed E-state index contributed by atoms with van der Waals surface area (Å²) in [7, 11) is 0. The molecule has 2 aromatic carbocycles. The molecule has 0 aromatic heterocycles. The molecular formula is C24H26N2O3. The maximum absolute atomic E-state index is 12.9. The average molecular weight is 390 g/mol. The van der Waals surface area contributed by atoms with Crippen molar-refractivity contribution >= 4 is 28.9 Å². The number of amides is 1. The number of benzene rings is 2. The summed E-state index contributed by atoms with van der Waals surface area (Å²) in [4.78, 5) is 29.7. The van der Waals surface area contributed by atoms with Gasteiger partial charge >= 0.3 is 0 Å². The Balaban J connectivity index is 2.03. The van der Waals surface area contributed by atoms with Gasteiger partial charge in [-0.25, -0.2) is 4.99 Å². The van der Waals surface area contributed by atoms with Crippen LogP contribution in [-0.2, 0) is 15.6 Å². The fourth-order valence-corrected chi connectivity index (χ4v) is 3.32. The molecule has 0 saturated heterocycles. The van der Waals surface area contributed by atoms with E-state index in [1.807, 2.05) is 47.6 Å². The van der Waals surface area contributed by atoms with E-state index < -0.39 is 11.7 Å². The quantitative estimate of drug-likeness (QED) is 0.704. The number of aromatic hydroxyl groups is 1. The molecule has 1 amide bonds. The van der Waals surface area contributed by atoms with Gasteiger partial charge in [-0.3, -0.25) is 9.59 Å². The molecule has 1 aliphatic rings. The lowest BCUT2D eigenvalue weighted by Crippen LogP contribution is -2.25. The molecule has 29 heavy (non-hydrogen) atoms. The predicted octanol–water partition coefficient (Wildman–Crippen LogP) is 5.05. The monoisotopic (exact) mass is 390 g/mol. The van der Waals surface area contributed by atoms with Gasteiger partial charge in [0.15, 0.2) is 0 Å². The standard InChI is InChI=1S/C24H26N2O3/c1-23(2,3)16-11-17(24(4,5)6)20(27)12-19(16)26-22(29)15-13-25-18-10-8-7-9-14(18)21(15)28/h7-12,27H,1-6H3,(H,26,29). The first-order valence-electron chi connectivity index (χ1n) is 9.56. The van der Waals surface area contributed by atoms with Gasteiger partial charge in [-0.15, -0.1) is 0 Å². The maximum Gasteiger partial charge on any atom is 0.269 e. The van der Waals surface area contributed by atoms with E-state index in [9.17, 15) is 14.7 Å². The number of nitrogens with zero attached hydrogens (tertiary/aromatic N) is 1. The summed E-state index contributed by atoms with van der Waals surface area (Å²) in [6.45, 7) is 12.2. The molecule has 3 rings (SSSR count). The van der Waals surface area contributed by atoms with Crippen LogP contribution >= 0.6 is 0 Å². The number of hydrogen-bond acceptors (Lipinski definition) is 4. The number of hydrogen-bond donors (Lipinski definition) is 2. The first-order valence-corrected chi connectivity index (χ1v) is 9.56. The number of phenols is 1. The van der Waals surface area contributed by atoms with Crippen molar-refractivity contribution in [1.82, 2.24) is 0 Å². The average Bonchev–Trinajstić information content (AvgIpc) is 2.60. The lowest BCUT2D eigenvalue weighted by atomic mass is 9.79. The van der Waals surface area contributed by atoms with Gasteiger partial charge < -0.3 is 10.4 Å². The smallest absolute Gasteiger partial charge is 0.269 e. The van der Waals surface area contributed by atoms with Crippen molar-refractivity contribution in [3.63, 3.8) is 0 Å². The number of carbonyl (C=O) groups excluding carboxylic acids is 2. The minimum atomic E-state index is -0.596. The van der Waals surface area contributed by atoms with Crippen molar-refractivity contribution in [3.8, 4) is 5.75 Å². The van der Waals surface area contributed by atoms with Crippen LogP contribution in [0.4, 0.5) is 11.4 Å². The molecule has 1 heterocycles. The number of carbonyl (C=O) groups is 2. The molecule has 0 aliphatic carbocycles. The fourth-order valence-electron chi connectivity index (χ4n) is 3.32. The second kappa shape index (κ2) is 7.02. The van der Waals surface area contributed by atoms with Crippen LogP contribution in [0, 0.1) is 0 Å². The Hall–Kier alpha value is -3.17. The third kappa shape index (κ3) is 4.01. The third-order valence-electron chi connectivity index (χ3n) is 4.89. The Bertz CT molecular complexity index is 1060. The SMILES string of the molecule is CC(C)(C)c1cc(C(C)(C)C)c(NC(=O)C2=C=Nc3ccccc3C2=O)cc1O. The number of para-hydroxylation sites is 1. The molecule has 5 heteroatoms. The highest BCUT2D eigenvalue weighted by molar-refractivity contribution is 6.35. The van der Waals surface area contributed by atoms with Gasteiger partial charge in [-0.05, 0) is 40.2 Å². The third-order valence-corrected chi connectivity index (χ3v) is 4.89. The van der Waals surface area contributed by atoms with E-state index in [0.717, 1.165) is 11.1 Å². The molecule has 0 fully saturated rings. The maximum atomic E-state index is 12.9. The molecule has 2 aromatic rings. The van der Waals surface area contributed by atoms with E-state index >= 15 is 0 Å². The number of phenolic OH excluding ortho intramolecular Hbond substituents is 1. The zero-order valence-corrected chi connectivity index (χ0v) is 17.7. The molecule has 150 valence electrons. The molecule has 0 spiro atoms. The van der Waals surface area contributed by atoms with E-state index in [2.05, 4.69) is 16.2 Å². The van der Waals surface area contributed by atoms with Crippen LogP contribution in [0.5, 0.6) is 5.75 Å². The largest absolute Gasteiger partial charge is 0.508 e. The summed E-state index contributed by atoms with van der Waals surface area (Å²) >= 11 is 0. The predicted molar refractivity (Wildman–Crippen MR) is 116 cm³/mol. The molecule has 1 aliphatic heterocycles. The van der Waals surface area contributed by atoms with Gasteiger partial charge in [0.2, 0.25) is 5.78 Å². The van der Waals surface area contributed by atoms with Crippen LogP contribution in [0.3, 0.4) is 0 Å². The summed E-state index contributed by atoms with van der Waals surface area (Å²) in [5.74, 6) is 1.66. The van der Waals surface area contributed by atoms with Crippen LogP contribution in [0.25, 0.3) is 0 Å². The molecule has 0 unspecified atom stereocenters. The molecular weight excluding hydrogens is 364 g/mol. The number of ketones is 1. The molecule has 2 N–H and O–H groups in total. The minimum Gasteiger partial charge on any atom is -0.508 e. The zero-order valence-electron chi connectivity index (χ0n) is 17.7. The number of anilines is 1. The first-order chi connectivity index (χ1) is 13.4. The highest BCUT2D eigenvalue weighted by atomic mass is 16.3. The number of rotatable bonds is 2. The van der Waals surface area contributed by atoms with Crippen molar-refractivity contribution < 1.29 is 14.7 Å². The lowest BCUT2D eigenvalue weighted by Gasteiger charge is -2.28. The van der Waals surface area contributed by atoms with Crippen molar-refractivity contribution in [1.29, 1.82) is 0 Å². The van der Waals surface area contributed by atoms with Crippen LogP contribution < -0.4 is 5.32 Å². The number of nitrogens with one attached hydrogen (secondary N) is 1. The molecule has 0 radical (unpaired) electrons. The molecule has 0 atom stereocenters. The Morgan fingerprint density at radius 3 is 2.24 bits per heavy atom. The normalized spacial score (nSPS) is 13.7. The van der Waals surface area contributed by atoms with Gasteiger partial charge in [0.1, 0.15) is 11.3 Å². The topological polar surface area (TPSA) is 78.8 Å². The molecule has 0 bridgehead atoms. The van der Waals surface area contributed by atoms with Gasteiger partial charge in [0.25, 0.3) is 5.91 Å². The van der Waals surface area contributed by atoms with E-state index in [1.165, 1.54) is 0 Å². The highest BCUT2D eigenvalue weighted by Gasteiger charge is 2.29.